The molecule has 0 fully saturated rings. The predicted molar refractivity (Wildman–Crippen MR) is 51.5 cm³/mol. The highest BCUT2D eigenvalue weighted by atomic mass is 32.3. The van der Waals surface area contributed by atoms with Crippen molar-refractivity contribution >= 4 is 20.9 Å². The summed E-state index contributed by atoms with van der Waals surface area (Å²) in [6, 6.07) is 7.02. The second-order valence-corrected chi connectivity index (χ2v) is 5.83. The molecule has 0 aliphatic rings. The van der Waals surface area contributed by atoms with E-state index in [-0.39, 0.29) is 4.90 Å². The Morgan fingerprint density at radius 1 is 1.33 bits per heavy atom. The lowest BCUT2D eigenvalue weighted by molar-refractivity contribution is 0.527. The molecule has 15 heavy (non-hydrogen) atoms. The normalized spacial score (nSPS) is 15.5. The molecular formula is C7H7N2O4S2-. The number of hydrogen-bond acceptors (Lipinski definition) is 6. The van der Waals surface area contributed by atoms with Crippen molar-refractivity contribution in [2.45, 2.75) is 9.60 Å². The van der Waals surface area contributed by atoms with Crippen LogP contribution in [0, 0.1) is 5.53 Å². The van der Waals surface area contributed by atoms with Crippen LogP contribution in [0.2, 0.25) is 0 Å². The highest BCUT2D eigenvalue weighted by molar-refractivity contribution is 8.04. The molecular weight excluding hydrogens is 240 g/mol. The highest BCUT2D eigenvalue weighted by Gasteiger charge is 2.27. The topological polar surface area (TPSA) is 110 Å². The van der Waals surface area contributed by atoms with E-state index in [1.165, 1.54) is 24.3 Å². The Morgan fingerprint density at radius 3 is 2.27 bits per heavy atom. The van der Waals surface area contributed by atoms with Crippen LogP contribution in [0.5, 0.6) is 0 Å². The van der Waals surface area contributed by atoms with E-state index >= 15 is 0 Å². The Labute approximate surface area is 89.0 Å². The van der Waals surface area contributed by atoms with Crippen LogP contribution in [-0.2, 0) is 20.9 Å². The van der Waals surface area contributed by atoms with Crippen molar-refractivity contribution in [3.05, 3.63) is 30.3 Å². The van der Waals surface area contributed by atoms with Gasteiger partial charge in [0.25, 0.3) is 0 Å². The van der Waals surface area contributed by atoms with E-state index in [0.717, 1.165) is 0 Å². The van der Waals surface area contributed by atoms with Gasteiger partial charge < -0.3 is 4.55 Å². The maximum atomic E-state index is 11.6. The molecule has 6 nitrogen and oxygen atoms in total. The SMILES string of the molecule is N=NC(S(=O)[O-])S(=O)(=O)c1ccccc1. The number of sulfone groups is 1. The summed E-state index contributed by atoms with van der Waals surface area (Å²) < 4.78 is 42.2. The Bertz CT molecular complexity index is 471. The molecule has 1 aromatic carbocycles. The zero-order valence-corrected chi connectivity index (χ0v) is 8.99. The summed E-state index contributed by atoms with van der Waals surface area (Å²) in [7, 11) is -4.12. The fourth-order valence-corrected chi connectivity index (χ4v) is 3.10. The Hall–Kier alpha value is -1.12. The lowest BCUT2D eigenvalue weighted by atomic mass is 10.4. The van der Waals surface area contributed by atoms with Crippen molar-refractivity contribution in [1.82, 2.24) is 0 Å². The third-order valence-corrected chi connectivity index (χ3v) is 4.84. The number of nitrogens with zero attached hydrogens (tertiary/aromatic N) is 1. The second-order valence-electron chi connectivity index (χ2n) is 2.55. The molecule has 1 aromatic rings. The molecule has 1 N–H and O–H groups in total. The van der Waals surface area contributed by atoms with Crippen LogP contribution in [0.1, 0.15) is 0 Å². The fraction of sp³-hybridized carbons (Fsp3) is 0.143. The molecule has 2 unspecified atom stereocenters. The minimum Gasteiger partial charge on any atom is -0.770 e. The van der Waals surface area contributed by atoms with Gasteiger partial charge in [0.1, 0.15) is 0 Å². The molecule has 0 heterocycles. The van der Waals surface area contributed by atoms with Crippen LogP contribution < -0.4 is 0 Å². The maximum Gasteiger partial charge on any atom is 0.236 e. The average Bonchev–Trinajstić information content (AvgIpc) is 2.19. The van der Waals surface area contributed by atoms with Crippen molar-refractivity contribution in [2.24, 2.45) is 5.11 Å². The van der Waals surface area contributed by atoms with Crippen LogP contribution >= 0.6 is 0 Å². The maximum absolute atomic E-state index is 11.6. The second kappa shape index (κ2) is 4.60. The molecule has 0 amide bonds. The first-order chi connectivity index (χ1) is 7.00. The van der Waals surface area contributed by atoms with E-state index in [9.17, 15) is 17.2 Å². The number of rotatable bonds is 4. The van der Waals surface area contributed by atoms with E-state index in [1.807, 2.05) is 0 Å². The van der Waals surface area contributed by atoms with Gasteiger partial charge in [-0.05, 0) is 23.2 Å². The summed E-state index contributed by atoms with van der Waals surface area (Å²) in [5.74, 6) is 0. The lowest BCUT2D eigenvalue weighted by Gasteiger charge is -2.14. The quantitative estimate of drug-likeness (QED) is 0.622. The predicted octanol–water partition coefficient (Wildman–Crippen LogP) is 0.654. The van der Waals surface area contributed by atoms with Gasteiger partial charge in [-0.1, -0.05) is 18.2 Å². The summed E-state index contributed by atoms with van der Waals surface area (Å²) in [5.41, 5.74) is 6.55. The lowest BCUT2D eigenvalue weighted by Crippen LogP contribution is -2.23. The van der Waals surface area contributed by atoms with E-state index in [1.54, 1.807) is 6.07 Å². The molecule has 0 saturated carbocycles. The Morgan fingerprint density at radius 2 is 1.87 bits per heavy atom. The van der Waals surface area contributed by atoms with Crippen LogP contribution in [0.4, 0.5) is 0 Å². The van der Waals surface area contributed by atoms with Gasteiger partial charge in [0.2, 0.25) is 14.5 Å². The van der Waals surface area contributed by atoms with Crippen LogP contribution in [0.3, 0.4) is 0 Å². The highest BCUT2D eigenvalue weighted by Crippen LogP contribution is 2.18. The van der Waals surface area contributed by atoms with Crippen molar-refractivity contribution in [2.75, 3.05) is 0 Å². The van der Waals surface area contributed by atoms with Crippen LogP contribution in [0.15, 0.2) is 40.3 Å². The molecule has 0 aliphatic heterocycles. The molecule has 0 saturated heterocycles. The van der Waals surface area contributed by atoms with Gasteiger partial charge in [-0.2, -0.15) is 5.11 Å². The first-order valence-corrected chi connectivity index (χ1v) is 6.42. The minimum absolute atomic E-state index is 0.171. The van der Waals surface area contributed by atoms with Gasteiger partial charge in [-0.3, -0.25) is 4.21 Å². The van der Waals surface area contributed by atoms with Gasteiger partial charge in [-0.25, -0.2) is 13.9 Å². The average molecular weight is 247 g/mol. The molecule has 1 rings (SSSR count). The van der Waals surface area contributed by atoms with Crippen molar-refractivity contribution < 1.29 is 17.2 Å². The van der Waals surface area contributed by atoms with Crippen molar-refractivity contribution in [1.29, 1.82) is 5.53 Å². The van der Waals surface area contributed by atoms with Crippen molar-refractivity contribution in [3.63, 3.8) is 0 Å². The summed E-state index contributed by atoms with van der Waals surface area (Å²) >= 11 is -2.97. The zero-order chi connectivity index (χ0) is 11.5. The summed E-state index contributed by atoms with van der Waals surface area (Å²) in [6.07, 6.45) is 0. The third kappa shape index (κ3) is 2.46. The first kappa shape index (κ1) is 12.0. The zero-order valence-electron chi connectivity index (χ0n) is 7.36. The van der Waals surface area contributed by atoms with Gasteiger partial charge in [-0.15, -0.1) is 0 Å². The largest absolute Gasteiger partial charge is 0.770 e. The van der Waals surface area contributed by atoms with E-state index in [4.69, 9.17) is 5.53 Å². The molecule has 8 heteroatoms. The number of hydrogen-bond donors (Lipinski definition) is 1. The van der Waals surface area contributed by atoms with Gasteiger partial charge in [0.15, 0.2) is 0 Å². The molecule has 2 atom stereocenters. The number of benzene rings is 1. The van der Waals surface area contributed by atoms with Crippen molar-refractivity contribution in [3.8, 4) is 0 Å². The summed E-state index contributed by atoms with van der Waals surface area (Å²) in [5, 5.41) is 2.58. The molecule has 0 bridgehead atoms. The molecule has 0 aliphatic carbocycles. The standard InChI is InChI=1S/C7H8N2O4S2/c8-9-7(14(10)11)15(12,13)6-4-2-1-3-5-6/h1-5,7-8H,(H,10,11)/p-1. The Balaban J connectivity index is 3.24. The van der Waals surface area contributed by atoms with E-state index in [2.05, 4.69) is 5.11 Å². The smallest absolute Gasteiger partial charge is 0.236 e. The van der Waals surface area contributed by atoms with Crippen LogP contribution in [-0.4, -0.2) is 21.9 Å². The third-order valence-electron chi connectivity index (χ3n) is 1.61. The monoisotopic (exact) mass is 247 g/mol. The summed E-state index contributed by atoms with van der Waals surface area (Å²) in [6.45, 7) is 0. The number of nitrogens with one attached hydrogen (secondary N) is 1. The van der Waals surface area contributed by atoms with E-state index < -0.39 is 25.6 Å². The molecule has 0 spiro atoms. The Kier molecular flexibility index (Phi) is 3.66. The van der Waals surface area contributed by atoms with Gasteiger partial charge in [0.05, 0.1) is 4.90 Å². The molecule has 0 aromatic heterocycles. The van der Waals surface area contributed by atoms with Gasteiger partial charge in [0, 0.05) is 0 Å². The van der Waals surface area contributed by atoms with E-state index in [0.29, 0.717) is 0 Å². The van der Waals surface area contributed by atoms with Gasteiger partial charge >= 0.3 is 0 Å². The summed E-state index contributed by atoms with van der Waals surface area (Å²) in [4.78, 5) is -0.171. The fourth-order valence-electron chi connectivity index (χ4n) is 0.942. The molecule has 82 valence electrons. The van der Waals surface area contributed by atoms with Crippen LogP contribution in [0.25, 0.3) is 0 Å². The molecule has 0 radical (unpaired) electrons. The minimum atomic E-state index is -4.12. The first-order valence-electron chi connectivity index (χ1n) is 3.73.